The number of thiazole rings is 1. The molecule has 0 amide bonds. The average Bonchev–Trinajstić information content (AvgIpc) is 2.87. The fraction of sp³-hybridized carbons (Fsp3) is 0.462. The van der Waals surface area contributed by atoms with E-state index in [1.165, 1.54) is 4.88 Å². The van der Waals surface area contributed by atoms with Crippen molar-refractivity contribution in [3.8, 4) is 0 Å². The van der Waals surface area contributed by atoms with E-state index in [0.717, 1.165) is 16.5 Å². The standard InChI is InChI=1S/C13H18N2OS/c1-8(12-6-5-7-16-12)14-9(2)13-10(3)15-11(4)17-13/h5-9,14H,1-4H3. The predicted molar refractivity (Wildman–Crippen MR) is 70.3 cm³/mol. The van der Waals surface area contributed by atoms with Gasteiger partial charge in [-0.15, -0.1) is 11.3 Å². The van der Waals surface area contributed by atoms with Crippen LogP contribution in [0.1, 0.15) is 47.3 Å². The van der Waals surface area contributed by atoms with Crippen LogP contribution in [0.3, 0.4) is 0 Å². The van der Waals surface area contributed by atoms with E-state index in [1.54, 1.807) is 17.6 Å². The van der Waals surface area contributed by atoms with Gasteiger partial charge in [-0.05, 0) is 39.8 Å². The van der Waals surface area contributed by atoms with E-state index in [9.17, 15) is 0 Å². The third kappa shape index (κ3) is 2.76. The number of hydrogen-bond donors (Lipinski definition) is 1. The second-order valence-corrected chi connectivity index (χ2v) is 5.54. The Kier molecular flexibility index (Phi) is 3.64. The third-order valence-electron chi connectivity index (χ3n) is 2.80. The first-order valence-electron chi connectivity index (χ1n) is 5.81. The van der Waals surface area contributed by atoms with Crippen LogP contribution >= 0.6 is 11.3 Å². The van der Waals surface area contributed by atoms with Crippen LogP contribution in [-0.4, -0.2) is 4.98 Å². The highest BCUT2D eigenvalue weighted by Gasteiger charge is 2.16. The predicted octanol–water partition coefficient (Wildman–Crippen LogP) is 3.76. The summed E-state index contributed by atoms with van der Waals surface area (Å²) in [7, 11) is 0. The summed E-state index contributed by atoms with van der Waals surface area (Å²) in [6, 6.07) is 4.42. The summed E-state index contributed by atoms with van der Waals surface area (Å²) in [6.07, 6.45) is 1.71. The third-order valence-corrected chi connectivity index (χ3v) is 4.06. The molecule has 2 aromatic heterocycles. The summed E-state index contributed by atoms with van der Waals surface area (Å²) in [6.45, 7) is 8.39. The Morgan fingerprint density at radius 3 is 2.59 bits per heavy atom. The highest BCUT2D eigenvalue weighted by molar-refractivity contribution is 7.11. The Morgan fingerprint density at radius 2 is 2.06 bits per heavy atom. The minimum Gasteiger partial charge on any atom is -0.468 e. The first kappa shape index (κ1) is 12.3. The van der Waals surface area contributed by atoms with Crippen molar-refractivity contribution in [1.82, 2.24) is 10.3 Å². The zero-order valence-electron chi connectivity index (χ0n) is 10.7. The first-order chi connectivity index (χ1) is 8.08. The van der Waals surface area contributed by atoms with Gasteiger partial charge in [0.2, 0.25) is 0 Å². The molecule has 17 heavy (non-hydrogen) atoms. The normalized spacial score (nSPS) is 14.8. The lowest BCUT2D eigenvalue weighted by molar-refractivity contribution is 0.404. The molecule has 2 heterocycles. The molecule has 2 rings (SSSR count). The maximum Gasteiger partial charge on any atom is 0.120 e. The van der Waals surface area contributed by atoms with Crippen molar-refractivity contribution in [3.63, 3.8) is 0 Å². The van der Waals surface area contributed by atoms with Gasteiger partial charge in [0.25, 0.3) is 0 Å². The molecule has 0 bridgehead atoms. The van der Waals surface area contributed by atoms with Crippen LogP contribution < -0.4 is 5.32 Å². The molecule has 0 aliphatic carbocycles. The molecule has 0 aliphatic rings. The molecular formula is C13H18N2OS. The van der Waals surface area contributed by atoms with E-state index in [1.807, 2.05) is 19.1 Å². The lowest BCUT2D eigenvalue weighted by atomic mass is 10.2. The van der Waals surface area contributed by atoms with Crippen molar-refractivity contribution in [1.29, 1.82) is 0 Å². The SMILES string of the molecule is Cc1nc(C)c(C(C)NC(C)c2ccco2)s1. The Bertz CT molecular complexity index is 476. The van der Waals surface area contributed by atoms with Gasteiger partial charge < -0.3 is 9.73 Å². The Balaban J connectivity index is 2.06. The Hall–Kier alpha value is -1.13. The quantitative estimate of drug-likeness (QED) is 0.897. The van der Waals surface area contributed by atoms with Crippen molar-refractivity contribution >= 4 is 11.3 Å². The molecule has 92 valence electrons. The number of aryl methyl sites for hydroxylation is 2. The molecule has 0 saturated heterocycles. The average molecular weight is 250 g/mol. The van der Waals surface area contributed by atoms with Gasteiger partial charge in [0, 0.05) is 10.9 Å². The molecule has 0 fully saturated rings. The van der Waals surface area contributed by atoms with Gasteiger partial charge in [0.15, 0.2) is 0 Å². The van der Waals surface area contributed by atoms with Crippen LogP contribution in [-0.2, 0) is 0 Å². The van der Waals surface area contributed by atoms with Crippen molar-refractivity contribution in [3.05, 3.63) is 39.7 Å². The van der Waals surface area contributed by atoms with Crippen LogP contribution in [0.5, 0.6) is 0 Å². The molecule has 0 radical (unpaired) electrons. The molecule has 0 aromatic carbocycles. The van der Waals surface area contributed by atoms with E-state index in [2.05, 4.69) is 31.1 Å². The van der Waals surface area contributed by atoms with Crippen LogP contribution in [0.2, 0.25) is 0 Å². The van der Waals surface area contributed by atoms with E-state index in [4.69, 9.17) is 4.42 Å². The summed E-state index contributed by atoms with van der Waals surface area (Å²) in [5.41, 5.74) is 1.12. The van der Waals surface area contributed by atoms with Crippen LogP contribution in [0.4, 0.5) is 0 Å². The van der Waals surface area contributed by atoms with Gasteiger partial charge in [0.05, 0.1) is 23.0 Å². The minimum atomic E-state index is 0.210. The van der Waals surface area contributed by atoms with Crippen molar-refractivity contribution in [2.24, 2.45) is 0 Å². The molecular weight excluding hydrogens is 232 g/mol. The molecule has 0 saturated carbocycles. The van der Waals surface area contributed by atoms with Gasteiger partial charge >= 0.3 is 0 Å². The highest BCUT2D eigenvalue weighted by atomic mass is 32.1. The van der Waals surface area contributed by atoms with E-state index in [-0.39, 0.29) is 6.04 Å². The molecule has 3 nitrogen and oxygen atoms in total. The monoisotopic (exact) mass is 250 g/mol. The van der Waals surface area contributed by atoms with Gasteiger partial charge in [-0.25, -0.2) is 4.98 Å². The number of rotatable bonds is 4. The van der Waals surface area contributed by atoms with E-state index in [0.29, 0.717) is 6.04 Å². The Labute approximate surface area is 106 Å². The summed E-state index contributed by atoms with van der Waals surface area (Å²) in [5.74, 6) is 0.968. The van der Waals surface area contributed by atoms with Gasteiger partial charge in [-0.1, -0.05) is 0 Å². The summed E-state index contributed by atoms with van der Waals surface area (Å²) >= 11 is 1.76. The largest absolute Gasteiger partial charge is 0.468 e. The highest BCUT2D eigenvalue weighted by Crippen LogP contribution is 2.26. The molecule has 4 heteroatoms. The van der Waals surface area contributed by atoms with Gasteiger partial charge in [-0.2, -0.15) is 0 Å². The van der Waals surface area contributed by atoms with E-state index < -0.39 is 0 Å². The maximum absolute atomic E-state index is 5.39. The van der Waals surface area contributed by atoms with Crippen molar-refractivity contribution in [2.75, 3.05) is 0 Å². The molecule has 0 spiro atoms. The van der Waals surface area contributed by atoms with Gasteiger partial charge in [-0.3, -0.25) is 0 Å². The fourth-order valence-corrected chi connectivity index (χ4v) is 2.96. The molecule has 2 aromatic rings. The minimum absolute atomic E-state index is 0.210. The number of nitrogens with one attached hydrogen (secondary N) is 1. The van der Waals surface area contributed by atoms with Crippen molar-refractivity contribution < 1.29 is 4.42 Å². The molecule has 1 N–H and O–H groups in total. The second-order valence-electron chi connectivity index (χ2n) is 4.31. The lowest BCUT2D eigenvalue weighted by Crippen LogP contribution is -2.21. The number of furan rings is 1. The van der Waals surface area contributed by atoms with Crippen LogP contribution in [0, 0.1) is 13.8 Å². The van der Waals surface area contributed by atoms with Crippen LogP contribution in [0.15, 0.2) is 22.8 Å². The fourth-order valence-electron chi connectivity index (χ4n) is 2.02. The molecule has 0 aliphatic heterocycles. The second kappa shape index (κ2) is 5.02. The van der Waals surface area contributed by atoms with E-state index >= 15 is 0 Å². The number of aromatic nitrogens is 1. The van der Waals surface area contributed by atoms with Crippen LogP contribution in [0.25, 0.3) is 0 Å². The summed E-state index contributed by atoms with van der Waals surface area (Å²) in [5, 5.41) is 4.65. The molecule has 2 unspecified atom stereocenters. The van der Waals surface area contributed by atoms with Crippen molar-refractivity contribution in [2.45, 2.75) is 39.8 Å². The Morgan fingerprint density at radius 1 is 1.29 bits per heavy atom. The van der Waals surface area contributed by atoms with Gasteiger partial charge in [0.1, 0.15) is 5.76 Å². The first-order valence-corrected chi connectivity index (χ1v) is 6.63. The smallest absolute Gasteiger partial charge is 0.120 e. The number of nitrogens with zero attached hydrogens (tertiary/aromatic N) is 1. The zero-order chi connectivity index (χ0) is 12.4. The zero-order valence-corrected chi connectivity index (χ0v) is 11.5. The lowest BCUT2D eigenvalue weighted by Gasteiger charge is -2.17. The number of hydrogen-bond acceptors (Lipinski definition) is 4. The maximum atomic E-state index is 5.39. The summed E-state index contributed by atoms with van der Waals surface area (Å²) < 4.78 is 5.39. The molecule has 2 atom stereocenters. The summed E-state index contributed by atoms with van der Waals surface area (Å²) in [4.78, 5) is 5.76. The topological polar surface area (TPSA) is 38.1 Å².